The van der Waals surface area contributed by atoms with Gasteiger partial charge in [-0.05, 0) is 30.5 Å². The van der Waals surface area contributed by atoms with E-state index in [1.54, 1.807) is 13.4 Å². The van der Waals surface area contributed by atoms with Crippen molar-refractivity contribution in [2.45, 2.75) is 37.6 Å². The molecule has 2 fully saturated rings. The van der Waals surface area contributed by atoms with E-state index in [4.69, 9.17) is 9.26 Å². The molecule has 4 rings (SSSR count). The molecule has 1 aromatic carbocycles. The van der Waals surface area contributed by atoms with Gasteiger partial charge in [-0.3, -0.25) is 9.89 Å². The van der Waals surface area contributed by atoms with Gasteiger partial charge in [-0.15, -0.1) is 0 Å². The van der Waals surface area contributed by atoms with E-state index < -0.39 is 0 Å². The maximum absolute atomic E-state index is 5.48. The van der Waals surface area contributed by atoms with E-state index in [1.165, 1.54) is 31.2 Å². The summed E-state index contributed by atoms with van der Waals surface area (Å²) in [5.74, 6) is 1.94. The zero-order valence-electron chi connectivity index (χ0n) is 18.1. The van der Waals surface area contributed by atoms with Gasteiger partial charge in [-0.25, -0.2) is 0 Å². The Bertz CT molecular complexity index is 822. The quantitative estimate of drug-likeness (QED) is 0.582. The molecule has 1 aliphatic carbocycles. The monoisotopic (exact) mass is 411 g/mol. The molecule has 30 heavy (non-hydrogen) atoms. The molecule has 2 aliphatic rings. The average molecular weight is 412 g/mol. The van der Waals surface area contributed by atoms with E-state index in [0.717, 1.165) is 56.7 Å². The lowest BCUT2D eigenvalue weighted by molar-refractivity contribution is 0.168. The molecular formula is C23H33N5O2. The molecule has 162 valence electrons. The lowest BCUT2D eigenvalue weighted by Gasteiger charge is -2.38. The molecule has 0 unspecified atom stereocenters. The predicted octanol–water partition coefficient (Wildman–Crippen LogP) is 2.89. The summed E-state index contributed by atoms with van der Waals surface area (Å²) >= 11 is 0. The van der Waals surface area contributed by atoms with Gasteiger partial charge in [0.15, 0.2) is 5.96 Å². The minimum atomic E-state index is 0.152. The van der Waals surface area contributed by atoms with Gasteiger partial charge in [0.25, 0.3) is 0 Å². The summed E-state index contributed by atoms with van der Waals surface area (Å²) in [5.41, 5.74) is 2.52. The Morgan fingerprint density at radius 3 is 2.67 bits per heavy atom. The van der Waals surface area contributed by atoms with E-state index in [9.17, 15) is 0 Å². The fraction of sp³-hybridized carbons (Fsp3) is 0.565. The van der Waals surface area contributed by atoms with Crippen molar-refractivity contribution < 1.29 is 9.26 Å². The van der Waals surface area contributed by atoms with Crippen LogP contribution in [0.2, 0.25) is 0 Å². The van der Waals surface area contributed by atoms with Crippen LogP contribution in [0.25, 0.3) is 0 Å². The largest absolute Gasteiger partial charge is 0.497 e. The van der Waals surface area contributed by atoms with Gasteiger partial charge in [0.1, 0.15) is 12.0 Å². The van der Waals surface area contributed by atoms with Crippen molar-refractivity contribution in [2.24, 2.45) is 4.99 Å². The Kier molecular flexibility index (Phi) is 6.57. The molecule has 7 nitrogen and oxygen atoms in total. The molecule has 1 saturated heterocycles. The molecule has 2 aromatic rings. The predicted molar refractivity (Wildman–Crippen MR) is 118 cm³/mol. The van der Waals surface area contributed by atoms with Crippen molar-refractivity contribution in [3.8, 4) is 5.75 Å². The van der Waals surface area contributed by atoms with Crippen molar-refractivity contribution >= 4 is 5.96 Å². The van der Waals surface area contributed by atoms with Crippen LogP contribution in [0.15, 0.2) is 46.1 Å². The van der Waals surface area contributed by atoms with Crippen molar-refractivity contribution in [1.82, 2.24) is 20.3 Å². The standard InChI is InChI=1S/C23H33N5O2/c1-24-22(28-13-11-27(12-14-28)17-20-8-15-30-26-20)25-18-23(9-3-4-10-23)19-6-5-7-21(16-19)29-2/h5-8,15-16H,3-4,9-14,17-18H2,1-2H3,(H,24,25). The molecule has 0 amide bonds. The summed E-state index contributed by atoms with van der Waals surface area (Å²) in [6, 6.07) is 10.5. The number of hydrogen-bond donors (Lipinski definition) is 1. The molecule has 1 N–H and O–H groups in total. The topological polar surface area (TPSA) is 66.1 Å². The zero-order chi connectivity index (χ0) is 20.8. The first-order valence-electron chi connectivity index (χ1n) is 10.9. The molecule has 0 bridgehead atoms. The van der Waals surface area contributed by atoms with Gasteiger partial charge in [0.2, 0.25) is 0 Å². The number of benzene rings is 1. The summed E-state index contributed by atoms with van der Waals surface area (Å²) in [6.45, 7) is 5.66. The fourth-order valence-corrected chi connectivity index (χ4v) is 4.82. The first-order valence-corrected chi connectivity index (χ1v) is 10.9. The Labute approximate surface area is 179 Å². The maximum Gasteiger partial charge on any atom is 0.193 e. The Hall–Kier alpha value is -2.54. The lowest BCUT2D eigenvalue weighted by Crippen LogP contribution is -2.53. The molecular weight excluding hydrogens is 378 g/mol. The van der Waals surface area contributed by atoms with Crippen molar-refractivity contribution in [3.05, 3.63) is 47.9 Å². The fourth-order valence-electron chi connectivity index (χ4n) is 4.82. The average Bonchev–Trinajstić information content (AvgIpc) is 3.48. The number of rotatable bonds is 6. The minimum absolute atomic E-state index is 0.152. The van der Waals surface area contributed by atoms with Crippen LogP contribution < -0.4 is 10.1 Å². The third kappa shape index (κ3) is 4.61. The number of ether oxygens (including phenoxy) is 1. The summed E-state index contributed by atoms with van der Waals surface area (Å²) in [5, 5.41) is 7.74. The van der Waals surface area contributed by atoms with Crippen LogP contribution in [0.3, 0.4) is 0 Å². The number of guanidine groups is 1. The molecule has 0 radical (unpaired) electrons. The van der Waals surface area contributed by atoms with Crippen LogP contribution in [0.1, 0.15) is 36.9 Å². The van der Waals surface area contributed by atoms with Crippen LogP contribution in [0, 0.1) is 0 Å². The second-order valence-electron chi connectivity index (χ2n) is 8.37. The van der Waals surface area contributed by atoms with Gasteiger partial charge in [-0.1, -0.05) is 30.1 Å². The number of aliphatic imine (C=N–C) groups is 1. The highest BCUT2D eigenvalue weighted by Gasteiger charge is 2.36. The van der Waals surface area contributed by atoms with Crippen molar-refractivity contribution in [2.75, 3.05) is 46.9 Å². The van der Waals surface area contributed by atoms with E-state index in [1.807, 2.05) is 19.2 Å². The zero-order valence-corrected chi connectivity index (χ0v) is 18.1. The smallest absolute Gasteiger partial charge is 0.193 e. The highest BCUT2D eigenvalue weighted by atomic mass is 16.5. The molecule has 0 spiro atoms. The summed E-state index contributed by atoms with van der Waals surface area (Å²) in [6.07, 6.45) is 6.60. The Balaban J connectivity index is 1.36. The highest BCUT2D eigenvalue weighted by Crippen LogP contribution is 2.41. The van der Waals surface area contributed by atoms with Crippen molar-refractivity contribution in [3.63, 3.8) is 0 Å². The summed E-state index contributed by atoms with van der Waals surface area (Å²) < 4.78 is 10.4. The Morgan fingerprint density at radius 1 is 1.20 bits per heavy atom. The van der Waals surface area contributed by atoms with Crippen LogP contribution in [-0.4, -0.2) is 67.8 Å². The number of piperazine rings is 1. The molecule has 1 aromatic heterocycles. The van der Waals surface area contributed by atoms with Crippen LogP contribution >= 0.6 is 0 Å². The van der Waals surface area contributed by atoms with Gasteiger partial charge in [0.05, 0.1) is 12.8 Å². The maximum atomic E-state index is 5.48. The van der Waals surface area contributed by atoms with Gasteiger partial charge in [-0.2, -0.15) is 0 Å². The molecule has 0 atom stereocenters. The number of nitrogens with zero attached hydrogens (tertiary/aromatic N) is 4. The second-order valence-corrected chi connectivity index (χ2v) is 8.37. The second kappa shape index (κ2) is 9.51. The number of methoxy groups -OCH3 is 1. The third-order valence-electron chi connectivity index (χ3n) is 6.59. The lowest BCUT2D eigenvalue weighted by atomic mass is 9.78. The first-order chi connectivity index (χ1) is 14.7. The molecule has 1 saturated carbocycles. The van der Waals surface area contributed by atoms with Crippen LogP contribution in [-0.2, 0) is 12.0 Å². The summed E-state index contributed by atoms with van der Waals surface area (Å²) in [4.78, 5) is 9.37. The SMILES string of the molecule is CN=C(NCC1(c2cccc(OC)c2)CCCC1)N1CCN(Cc2ccon2)CC1. The third-order valence-corrected chi connectivity index (χ3v) is 6.59. The van der Waals surface area contributed by atoms with E-state index >= 15 is 0 Å². The van der Waals surface area contributed by atoms with Gasteiger partial charge >= 0.3 is 0 Å². The van der Waals surface area contributed by atoms with Gasteiger partial charge in [0, 0.05) is 57.8 Å². The minimum Gasteiger partial charge on any atom is -0.497 e. The first kappa shape index (κ1) is 20.7. The summed E-state index contributed by atoms with van der Waals surface area (Å²) in [7, 11) is 3.62. The Morgan fingerprint density at radius 2 is 2.00 bits per heavy atom. The van der Waals surface area contributed by atoms with E-state index in [-0.39, 0.29) is 5.41 Å². The van der Waals surface area contributed by atoms with Gasteiger partial charge < -0.3 is 19.5 Å². The molecule has 7 heteroatoms. The van der Waals surface area contributed by atoms with Crippen LogP contribution in [0.4, 0.5) is 0 Å². The number of hydrogen-bond acceptors (Lipinski definition) is 5. The molecule has 2 heterocycles. The normalized spacial score (nSPS) is 19.8. The van der Waals surface area contributed by atoms with E-state index in [2.05, 4.69) is 43.5 Å². The van der Waals surface area contributed by atoms with Crippen molar-refractivity contribution in [1.29, 1.82) is 0 Å². The van der Waals surface area contributed by atoms with Crippen LogP contribution in [0.5, 0.6) is 5.75 Å². The van der Waals surface area contributed by atoms with E-state index in [0.29, 0.717) is 0 Å². The number of nitrogens with one attached hydrogen (secondary N) is 1. The molecule has 1 aliphatic heterocycles. The number of aromatic nitrogens is 1. The highest BCUT2D eigenvalue weighted by molar-refractivity contribution is 5.80.